The number of hydrazine groups is 1. The number of nitrogens with two attached hydrogens (primary N) is 1. The predicted molar refractivity (Wildman–Crippen MR) is 46.8 cm³/mol. The fourth-order valence-corrected chi connectivity index (χ4v) is 1.55. The Balaban J connectivity index is 2.40. The fraction of sp³-hybridized carbons (Fsp3) is 0.222. The van der Waals surface area contributed by atoms with E-state index < -0.39 is 5.97 Å². The molecule has 68 valence electrons. The van der Waals surface area contributed by atoms with E-state index in [1.165, 1.54) is 0 Å². The molecule has 1 heterocycles. The van der Waals surface area contributed by atoms with Crippen LogP contribution in [0.15, 0.2) is 18.2 Å². The zero-order valence-electron chi connectivity index (χ0n) is 7.03. The molecule has 0 amide bonds. The normalized spacial score (nSPS) is 15.8. The summed E-state index contributed by atoms with van der Waals surface area (Å²) in [5, 5.41) is 10.4. The number of hydrogen-bond acceptors (Lipinski definition) is 3. The van der Waals surface area contributed by atoms with Crippen LogP contribution < -0.4 is 5.84 Å². The molecule has 1 aliphatic rings. The molecule has 0 atom stereocenters. The number of fused-ring (bicyclic) bond motifs is 1. The SMILES string of the molecule is NN1Cc2ccc(C(=O)O)cc2C1. The quantitative estimate of drug-likeness (QED) is 0.617. The maximum Gasteiger partial charge on any atom is 0.335 e. The van der Waals surface area contributed by atoms with Crippen LogP contribution in [0.3, 0.4) is 0 Å². The molecule has 4 nitrogen and oxygen atoms in total. The van der Waals surface area contributed by atoms with Crippen LogP contribution in [0.2, 0.25) is 0 Å². The summed E-state index contributed by atoms with van der Waals surface area (Å²) in [5.41, 5.74) is 2.46. The second-order valence-corrected chi connectivity index (χ2v) is 3.19. The number of benzene rings is 1. The Hall–Kier alpha value is -1.39. The van der Waals surface area contributed by atoms with E-state index in [0.717, 1.165) is 11.1 Å². The first kappa shape index (κ1) is 8.22. The third-order valence-corrected chi connectivity index (χ3v) is 2.20. The van der Waals surface area contributed by atoms with Crippen LogP contribution in [0.25, 0.3) is 0 Å². The summed E-state index contributed by atoms with van der Waals surface area (Å²) in [6, 6.07) is 5.12. The highest BCUT2D eigenvalue weighted by Gasteiger charge is 2.17. The van der Waals surface area contributed by atoms with Gasteiger partial charge in [0.2, 0.25) is 0 Å². The Morgan fingerprint density at radius 1 is 1.38 bits per heavy atom. The molecule has 0 bridgehead atoms. The first-order valence-electron chi connectivity index (χ1n) is 4.01. The molecule has 3 N–H and O–H groups in total. The number of carboxylic acid groups (broad SMARTS) is 1. The monoisotopic (exact) mass is 178 g/mol. The van der Waals surface area contributed by atoms with Crippen molar-refractivity contribution in [1.29, 1.82) is 0 Å². The maximum atomic E-state index is 10.6. The number of carboxylic acids is 1. The summed E-state index contributed by atoms with van der Waals surface area (Å²) in [6.45, 7) is 1.34. The van der Waals surface area contributed by atoms with Crippen molar-refractivity contribution in [3.8, 4) is 0 Å². The largest absolute Gasteiger partial charge is 0.478 e. The lowest BCUT2D eigenvalue weighted by molar-refractivity contribution is 0.0696. The molecular formula is C9H10N2O2. The van der Waals surface area contributed by atoms with Crippen LogP contribution >= 0.6 is 0 Å². The number of nitrogens with zero attached hydrogens (tertiary/aromatic N) is 1. The first-order valence-corrected chi connectivity index (χ1v) is 4.01. The molecule has 0 unspecified atom stereocenters. The van der Waals surface area contributed by atoms with E-state index in [4.69, 9.17) is 10.9 Å². The molecule has 0 spiro atoms. The molecule has 1 aromatic rings. The third kappa shape index (κ3) is 1.41. The lowest BCUT2D eigenvalue weighted by Gasteiger charge is -2.02. The highest BCUT2D eigenvalue weighted by molar-refractivity contribution is 5.87. The van der Waals surface area contributed by atoms with Gasteiger partial charge in [-0.25, -0.2) is 9.80 Å². The van der Waals surface area contributed by atoms with Gasteiger partial charge >= 0.3 is 5.97 Å². The topological polar surface area (TPSA) is 66.6 Å². The molecule has 0 aromatic heterocycles. The minimum Gasteiger partial charge on any atom is -0.478 e. The molecule has 0 saturated heterocycles. The van der Waals surface area contributed by atoms with Crippen molar-refractivity contribution in [3.05, 3.63) is 34.9 Å². The highest BCUT2D eigenvalue weighted by Crippen LogP contribution is 2.21. The first-order chi connectivity index (χ1) is 6.16. The van der Waals surface area contributed by atoms with Gasteiger partial charge in [0.1, 0.15) is 0 Å². The molecule has 0 saturated carbocycles. The van der Waals surface area contributed by atoms with Crippen LogP contribution in [0, 0.1) is 0 Å². The zero-order valence-corrected chi connectivity index (χ0v) is 7.03. The molecule has 1 aromatic carbocycles. The fourth-order valence-electron chi connectivity index (χ4n) is 1.55. The molecule has 2 rings (SSSR count). The molecule has 13 heavy (non-hydrogen) atoms. The Morgan fingerprint density at radius 2 is 2.08 bits per heavy atom. The summed E-state index contributed by atoms with van der Waals surface area (Å²) in [4.78, 5) is 10.6. The van der Waals surface area contributed by atoms with Crippen LogP contribution in [-0.4, -0.2) is 16.1 Å². The van der Waals surface area contributed by atoms with E-state index in [1.54, 1.807) is 17.1 Å². The van der Waals surface area contributed by atoms with Gasteiger partial charge in [-0.2, -0.15) is 0 Å². The molecule has 4 heteroatoms. The number of hydrogen-bond donors (Lipinski definition) is 2. The van der Waals surface area contributed by atoms with Gasteiger partial charge in [-0.05, 0) is 23.3 Å². The molecular weight excluding hydrogens is 168 g/mol. The number of aromatic carboxylic acids is 1. The van der Waals surface area contributed by atoms with Crippen molar-refractivity contribution in [2.75, 3.05) is 0 Å². The van der Waals surface area contributed by atoms with Crippen molar-refractivity contribution >= 4 is 5.97 Å². The van der Waals surface area contributed by atoms with Gasteiger partial charge in [0.05, 0.1) is 5.56 Å². The van der Waals surface area contributed by atoms with E-state index in [2.05, 4.69) is 0 Å². The summed E-state index contributed by atoms with van der Waals surface area (Å²) >= 11 is 0. The minimum atomic E-state index is -0.890. The molecule has 0 radical (unpaired) electrons. The highest BCUT2D eigenvalue weighted by atomic mass is 16.4. The van der Waals surface area contributed by atoms with Crippen molar-refractivity contribution in [3.63, 3.8) is 0 Å². The summed E-state index contributed by atoms with van der Waals surface area (Å²) in [5.74, 6) is 4.71. The van der Waals surface area contributed by atoms with E-state index >= 15 is 0 Å². The van der Waals surface area contributed by atoms with Crippen molar-refractivity contribution < 1.29 is 9.90 Å². The van der Waals surface area contributed by atoms with E-state index in [-0.39, 0.29) is 0 Å². The second-order valence-electron chi connectivity index (χ2n) is 3.19. The lowest BCUT2D eigenvalue weighted by atomic mass is 10.1. The van der Waals surface area contributed by atoms with E-state index in [9.17, 15) is 4.79 Å². The lowest BCUT2D eigenvalue weighted by Crippen LogP contribution is -2.23. The third-order valence-electron chi connectivity index (χ3n) is 2.20. The van der Waals surface area contributed by atoms with Crippen LogP contribution in [0.1, 0.15) is 21.5 Å². The van der Waals surface area contributed by atoms with Gasteiger partial charge in [0.25, 0.3) is 0 Å². The standard InChI is InChI=1S/C9H10N2O2/c10-11-4-7-2-1-6(9(12)13)3-8(7)5-11/h1-3H,4-5,10H2,(H,12,13). The molecule has 0 fully saturated rings. The van der Waals surface area contributed by atoms with Crippen molar-refractivity contribution in [2.24, 2.45) is 5.84 Å². The van der Waals surface area contributed by atoms with Crippen molar-refractivity contribution in [2.45, 2.75) is 13.1 Å². The van der Waals surface area contributed by atoms with E-state index in [0.29, 0.717) is 18.7 Å². The Kier molecular flexibility index (Phi) is 1.79. The maximum absolute atomic E-state index is 10.6. The van der Waals surface area contributed by atoms with Gasteiger partial charge in [0.15, 0.2) is 0 Å². The van der Waals surface area contributed by atoms with Gasteiger partial charge in [0, 0.05) is 13.1 Å². The van der Waals surface area contributed by atoms with Crippen LogP contribution in [0.4, 0.5) is 0 Å². The minimum absolute atomic E-state index is 0.328. The average molecular weight is 178 g/mol. The van der Waals surface area contributed by atoms with Gasteiger partial charge in [-0.1, -0.05) is 6.07 Å². The molecule has 1 aliphatic heterocycles. The Bertz CT molecular complexity index is 363. The van der Waals surface area contributed by atoms with Gasteiger partial charge < -0.3 is 5.11 Å². The van der Waals surface area contributed by atoms with Crippen molar-refractivity contribution in [1.82, 2.24) is 5.01 Å². The van der Waals surface area contributed by atoms with Crippen LogP contribution in [-0.2, 0) is 13.1 Å². The number of carbonyl (C=O) groups is 1. The van der Waals surface area contributed by atoms with Gasteiger partial charge in [-0.15, -0.1) is 0 Å². The average Bonchev–Trinajstić information content (AvgIpc) is 2.42. The summed E-state index contributed by atoms with van der Waals surface area (Å²) in [6.07, 6.45) is 0. The van der Waals surface area contributed by atoms with Crippen LogP contribution in [0.5, 0.6) is 0 Å². The predicted octanol–water partition coefficient (Wildman–Crippen LogP) is 0.574. The van der Waals surface area contributed by atoms with E-state index in [1.807, 2.05) is 6.07 Å². The second kappa shape index (κ2) is 2.83. The Labute approximate surface area is 75.5 Å². The summed E-state index contributed by atoms with van der Waals surface area (Å²) < 4.78 is 0. The number of rotatable bonds is 1. The zero-order chi connectivity index (χ0) is 9.42. The smallest absolute Gasteiger partial charge is 0.335 e. The molecule has 0 aliphatic carbocycles. The summed E-state index contributed by atoms with van der Waals surface area (Å²) in [7, 11) is 0. The Morgan fingerprint density at radius 3 is 2.77 bits per heavy atom. The van der Waals surface area contributed by atoms with Gasteiger partial charge in [-0.3, -0.25) is 5.84 Å².